The van der Waals surface area contributed by atoms with E-state index in [1.807, 2.05) is 0 Å². The van der Waals surface area contributed by atoms with Gasteiger partial charge < -0.3 is 0 Å². The predicted octanol–water partition coefficient (Wildman–Crippen LogP) is 15.5. The van der Waals surface area contributed by atoms with Crippen molar-refractivity contribution < 1.29 is 0 Å². The molecule has 0 amide bonds. The Balaban J connectivity index is 0.945. The van der Waals surface area contributed by atoms with Crippen molar-refractivity contribution in [3.63, 3.8) is 0 Å². The molecule has 3 heteroatoms. The van der Waals surface area contributed by atoms with E-state index in [1.165, 1.54) is 110 Å². The molecule has 0 unspecified atom stereocenters. The van der Waals surface area contributed by atoms with Crippen LogP contribution in [0.2, 0.25) is 0 Å². The van der Waals surface area contributed by atoms with Crippen molar-refractivity contribution in [2.75, 3.05) is 0 Å². The van der Waals surface area contributed by atoms with Gasteiger partial charge in [-0.2, -0.15) is 0 Å². The molecule has 0 radical (unpaired) electrons. The van der Waals surface area contributed by atoms with E-state index >= 15 is 0 Å². The first-order chi connectivity index (χ1) is 32.4. The summed E-state index contributed by atoms with van der Waals surface area (Å²) in [6, 6.07) is 53.2. The Morgan fingerprint density at radius 2 is 0.761 bits per heavy atom. The van der Waals surface area contributed by atoms with Crippen molar-refractivity contribution in [1.82, 2.24) is 15.0 Å². The lowest BCUT2D eigenvalue weighted by molar-refractivity contribution is -0.0399. The second kappa shape index (κ2) is 12.7. The zero-order valence-electron chi connectivity index (χ0n) is 39.5. The molecule has 326 valence electrons. The zero-order valence-corrected chi connectivity index (χ0v) is 39.5. The Hall–Kier alpha value is -6.45. The molecule has 8 aromatic rings. The lowest BCUT2D eigenvalue weighted by atomic mass is 9.43. The van der Waals surface area contributed by atoms with Gasteiger partial charge in [0.25, 0.3) is 0 Å². The standard InChI is InChI=1S/C64H55N3/c1-61(2)48-20-10-8-16-41(48)56-43(18-13-23-52(56)61)59-65-58(66-60(67-59)44-19-14-24-53-57(44)42-17-9-11-21-49(42)62(53,3)4)37-25-26-50-45(32-37)47-33-46-40-15-7-12-22-51(40)64(55(46)34-54(47)63(50,5)6)38-28-35-27-36(30-38)31-39(64)29-35/h7-26,32-36,38-39H,27-31H2,1-6H3. The number of nitrogens with zero attached hydrogens (tertiary/aromatic N) is 3. The molecule has 8 aliphatic rings. The zero-order chi connectivity index (χ0) is 44.9. The number of benzene rings is 7. The first kappa shape index (κ1) is 38.6. The minimum absolute atomic E-state index is 0.142. The molecule has 67 heavy (non-hydrogen) atoms. The third-order valence-corrected chi connectivity index (χ3v) is 18.9. The van der Waals surface area contributed by atoms with Crippen molar-refractivity contribution in [3.05, 3.63) is 184 Å². The van der Waals surface area contributed by atoms with Gasteiger partial charge in [0.15, 0.2) is 17.5 Å². The van der Waals surface area contributed by atoms with Gasteiger partial charge in [0.1, 0.15) is 0 Å². The van der Waals surface area contributed by atoms with Gasteiger partial charge >= 0.3 is 0 Å². The highest BCUT2D eigenvalue weighted by Crippen LogP contribution is 2.70. The lowest BCUT2D eigenvalue weighted by Crippen LogP contribution is -2.55. The van der Waals surface area contributed by atoms with E-state index in [1.54, 1.807) is 11.1 Å². The van der Waals surface area contributed by atoms with Gasteiger partial charge in [-0.1, -0.05) is 169 Å². The van der Waals surface area contributed by atoms with Crippen molar-refractivity contribution >= 4 is 0 Å². The Kier molecular flexibility index (Phi) is 7.35. The second-order valence-electron chi connectivity index (χ2n) is 23.2. The third-order valence-electron chi connectivity index (χ3n) is 18.9. The summed E-state index contributed by atoms with van der Waals surface area (Å²) in [5.74, 6) is 5.46. The molecule has 8 aliphatic carbocycles. The number of hydrogen-bond acceptors (Lipinski definition) is 3. The van der Waals surface area contributed by atoms with E-state index in [9.17, 15) is 0 Å². The molecule has 16 rings (SSSR count). The maximum absolute atomic E-state index is 5.55. The van der Waals surface area contributed by atoms with Gasteiger partial charge in [0.05, 0.1) is 0 Å². The molecule has 3 nitrogen and oxygen atoms in total. The minimum Gasteiger partial charge on any atom is -0.208 e. The highest BCUT2D eigenvalue weighted by molar-refractivity contribution is 5.95. The summed E-state index contributed by atoms with van der Waals surface area (Å²) < 4.78 is 0. The molecule has 4 bridgehead atoms. The summed E-state index contributed by atoms with van der Waals surface area (Å²) in [6.07, 6.45) is 7.05. The fourth-order valence-corrected chi connectivity index (χ4v) is 16.2. The summed E-state index contributed by atoms with van der Waals surface area (Å²) in [5, 5.41) is 0. The highest BCUT2D eigenvalue weighted by Gasteiger charge is 2.62. The molecule has 1 spiro atoms. The van der Waals surface area contributed by atoms with Gasteiger partial charge in [-0.15, -0.1) is 0 Å². The first-order valence-corrected chi connectivity index (χ1v) is 25.1. The van der Waals surface area contributed by atoms with Crippen LogP contribution in [0, 0.1) is 23.7 Å². The van der Waals surface area contributed by atoms with Crippen LogP contribution in [0.1, 0.15) is 118 Å². The summed E-state index contributed by atoms with van der Waals surface area (Å²) in [5.41, 5.74) is 24.8. The van der Waals surface area contributed by atoms with Crippen LogP contribution in [0.4, 0.5) is 0 Å². The van der Waals surface area contributed by atoms with Crippen molar-refractivity contribution in [3.8, 4) is 78.7 Å². The fraction of sp³-hybridized carbons (Fsp3) is 0.297. The molecule has 4 saturated carbocycles. The molecular formula is C64H55N3. The summed E-state index contributed by atoms with van der Waals surface area (Å²) in [7, 11) is 0. The molecular weight excluding hydrogens is 811 g/mol. The summed E-state index contributed by atoms with van der Waals surface area (Å²) >= 11 is 0. The van der Waals surface area contributed by atoms with Crippen LogP contribution in [0.5, 0.6) is 0 Å². The summed E-state index contributed by atoms with van der Waals surface area (Å²) in [6.45, 7) is 14.3. The third kappa shape index (κ3) is 4.76. The largest absolute Gasteiger partial charge is 0.208 e. The summed E-state index contributed by atoms with van der Waals surface area (Å²) in [4.78, 5) is 16.6. The van der Waals surface area contributed by atoms with Crippen LogP contribution in [0.3, 0.4) is 0 Å². The van der Waals surface area contributed by atoms with E-state index in [4.69, 9.17) is 15.0 Å². The molecule has 7 aromatic carbocycles. The fourth-order valence-electron chi connectivity index (χ4n) is 16.2. The number of fused-ring (bicyclic) bond motifs is 12. The molecule has 0 atom stereocenters. The Morgan fingerprint density at radius 1 is 0.328 bits per heavy atom. The molecule has 0 aliphatic heterocycles. The number of hydrogen-bond donors (Lipinski definition) is 0. The first-order valence-electron chi connectivity index (χ1n) is 25.1. The Labute approximate surface area is 394 Å². The van der Waals surface area contributed by atoms with Crippen LogP contribution in [-0.2, 0) is 21.7 Å². The van der Waals surface area contributed by atoms with Crippen LogP contribution >= 0.6 is 0 Å². The van der Waals surface area contributed by atoms with Crippen LogP contribution in [0.15, 0.2) is 140 Å². The molecule has 0 N–H and O–H groups in total. The molecule has 0 saturated heterocycles. The number of aromatic nitrogens is 3. The quantitative estimate of drug-likeness (QED) is 0.178. The topological polar surface area (TPSA) is 38.7 Å². The molecule has 4 fully saturated rings. The van der Waals surface area contributed by atoms with Crippen molar-refractivity contribution in [1.29, 1.82) is 0 Å². The molecule has 1 aromatic heterocycles. The minimum atomic E-state index is -0.148. The van der Waals surface area contributed by atoms with E-state index in [0.717, 1.165) is 40.4 Å². The monoisotopic (exact) mass is 865 g/mol. The predicted molar refractivity (Wildman–Crippen MR) is 272 cm³/mol. The maximum atomic E-state index is 5.55. The number of rotatable bonds is 3. The van der Waals surface area contributed by atoms with Gasteiger partial charge in [0, 0.05) is 38.4 Å². The van der Waals surface area contributed by atoms with E-state index < -0.39 is 0 Å². The second-order valence-corrected chi connectivity index (χ2v) is 23.2. The van der Waals surface area contributed by atoms with Gasteiger partial charge in [-0.3, -0.25) is 0 Å². The van der Waals surface area contributed by atoms with E-state index in [2.05, 4.69) is 181 Å². The van der Waals surface area contributed by atoms with Crippen LogP contribution in [-0.4, -0.2) is 15.0 Å². The Morgan fingerprint density at radius 3 is 1.34 bits per heavy atom. The average molecular weight is 866 g/mol. The van der Waals surface area contributed by atoms with E-state index in [0.29, 0.717) is 17.5 Å². The van der Waals surface area contributed by atoms with E-state index in [-0.39, 0.29) is 21.7 Å². The normalized spacial score (nSPS) is 24.7. The highest BCUT2D eigenvalue weighted by atomic mass is 15.0. The van der Waals surface area contributed by atoms with Gasteiger partial charge in [-0.05, 0) is 157 Å². The Bertz CT molecular complexity index is 3370. The average Bonchev–Trinajstić information content (AvgIpc) is 3.94. The van der Waals surface area contributed by atoms with Gasteiger partial charge in [-0.25, -0.2) is 15.0 Å². The van der Waals surface area contributed by atoms with Gasteiger partial charge in [0.2, 0.25) is 0 Å². The van der Waals surface area contributed by atoms with Crippen LogP contribution < -0.4 is 0 Å². The van der Waals surface area contributed by atoms with Crippen LogP contribution in [0.25, 0.3) is 78.7 Å². The SMILES string of the molecule is CC1(C)c2ccc(-c3nc(-c4cccc5c4-c4ccccc4C5(C)C)nc(-c4cccc5c4-c4ccccc4C5(C)C)n3)cc2-c2cc3c(cc21)C1(c2ccccc2-3)C2CC3CC(C2)CC1C3. The maximum Gasteiger partial charge on any atom is 0.164 e. The van der Waals surface area contributed by atoms with Crippen molar-refractivity contribution in [2.45, 2.75) is 95.3 Å². The smallest absolute Gasteiger partial charge is 0.164 e. The lowest BCUT2D eigenvalue weighted by Gasteiger charge is -2.61. The molecule has 1 heterocycles. The van der Waals surface area contributed by atoms with Crippen molar-refractivity contribution in [2.24, 2.45) is 23.7 Å².